The van der Waals surface area contributed by atoms with Gasteiger partial charge in [-0.15, -0.1) is 0 Å². The quantitative estimate of drug-likeness (QED) is 0.745. The van der Waals surface area contributed by atoms with E-state index in [9.17, 15) is 4.79 Å². The van der Waals surface area contributed by atoms with Gasteiger partial charge in [-0.2, -0.15) is 5.10 Å². The number of halogens is 1. The number of methoxy groups -OCH3 is 1. The molecule has 0 fully saturated rings. The molecule has 24 heavy (non-hydrogen) atoms. The zero-order chi connectivity index (χ0) is 17.3. The Labute approximate surface area is 150 Å². The van der Waals surface area contributed by atoms with Gasteiger partial charge >= 0.3 is 0 Å². The van der Waals surface area contributed by atoms with E-state index in [-0.39, 0.29) is 22.6 Å². The first-order valence-electron chi connectivity index (χ1n) is 7.99. The van der Waals surface area contributed by atoms with E-state index in [0.717, 1.165) is 17.0 Å². The van der Waals surface area contributed by atoms with Crippen molar-refractivity contribution in [3.8, 4) is 5.75 Å². The number of rotatable bonds is 4. The number of aromatic nitrogens is 2. The summed E-state index contributed by atoms with van der Waals surface area (Å²) in [7, 11) is 1.65. The minimum atomic E-state index is -0.321. The predicted molar refractivity (Wildman–Crippen MR) is 94.9 cm³/mol. The number of hydrogen-bond donors (Lipinski definition) is 0. The van der Waals surface area contributed by atoms with Gasteiger partial charge in [-0.1, -0.05) is 41.9 Å². The van der Waals surface area contributed by atoms with Crippen molar-refractivity contribution in [2.75, 3.05) is 13.7 Å². The number of Topliss-reactive ketones (excluding diaryl/α,β-unsaturated/α-hetero) is 1. The van der Waals surface area contributed by atoms with Crippen LogP contribution in [-0.2, 0) is 11.3 Å². The van der Waals surface area contributed by atoms with Crippen LogP contribution in [0.2, 0.25) is 0 Å². The van der Waals surface area contributed by atoms with Crippen molar-refractivity contribution < 1.29 is 14.3 Å². The maximum Gasteiger partial charge on any atom is 0.182 e. The molecule has 2 atom stereocenters. The first-order chi connectivity index (χ1) is 11.5. The summed E-state index contributed by atoms with van der Waals surface area (Å²) in [6.07, 6.45) is 1.67. The number of hydrogen-bond acceptors (Lipinski definition) is 4. The van der Waals surface area contributed by atoms with Crippen molar-refractivity contribution in [3.05, 3.63) is 47.3 Å². The molecule has 2 unspecified atom stereocenters. The maximum atomic E-state index is 12.6. The molecule has 1 aliphatic rings. The summed E-state index contributed by atoms with van der Waals surface area (Å²) >= 11 is 3.42. The third-order valence-electron chi connectivity index (χ3n) is 4.14. The third-order valence-corrected chi connectivity index (χ3v) is 4.82. The molecule has 0 radical (unpaired) electrons. The van der Waals surface area contributed by atoms with E-state index in [0.29, 0.717) is 18.7 Å². The maximum absolute atomic E-state index is 12.6. The molecular weight excluding hydrogens is 372 g/mol. The van der Waals surface area contributed by atoms with Crippen molar-refractivity contribution in [1.82, 2.24) is 9.78 Å². The highest BCUT2D eigenvalue weighted by atomic mass is 79.9. The number of fused-ring (bicyclic) bond motifs is 1. The van der Waals surface area contributed by atoms with Gasteiger partial charge in [-0.3, -0.25) is 9.48 Å². The topological polar surface area (TPSA) is 53.4 Å². The van der Waals surface area contributed by atoms with Crippen LogP contribution in [0.5, 0.6) is 5.75 Å². The van der Waals surface area contributed by atoms with Gasteiger partial charge in [0, 0.05) is 6.20 Å². The van der Waals surface area contributed by atoms with Crippen molar-refractivity contribution in [2.45, 2.75) is 31.3 Å². The average molecular weight is 393 g/mol. The normalized spacial score (nSPS) is 20.8. The van der Waals surface area contributed by atoms with Gasteiger partial charge in [0.1, 0.15) is 22.4 Å². The zero-order valence-corrected chi connectivity index (χ0v) is 15.6. The Morgan fingerprint density at radius 2 is 2.08 bits per heavy atom. The van der Waals surface area contributed by atoms with Gasteiger partial charge in [0.15, 0.2) is 5.78 Å². The molecule has 1 aromatic carbocycles. The zero-order valence-electron chi connectivity index (χ0n) is 14.0. The summed E-state index contributed by atoms with van der Waals surface area (Å²) in [4.78, 5) is 12.2. The molecule has 1 aliphatic heterocycles. The molecule has 0 N–H and O–H groups in total. The summed E-state index contributed by atoms with van der Waals surface area (Å²) in [6, 6.07) is 7.83. The van der Waals surface area contributed by atoms with Gasteiger partial charge in [-0.05, 0) is 23.6 Å². The van der Waals surface area contributed by atoms with Crippen LogP contribution in [0.15, 0.2) is 30.5 Å². The van der Waals surface area contributed by atoms with E-state index in [1.165, 1.54) is 0 Å². The molecule has 3 rings (SSSR count). The molecule has 0 bridgehead atoms. The summed E-state index contributed by atoms with van der Waals surface area (Å²) in [6.45, 7) is 5.13. The van der Waals surface area contributed by atoms with Crippen LogP contribution in [0, 0.1) is 5.92 Å². The van der Waals surface area contributed by atoms with Crippen molar-refractivity contribution >= 4 is 21.7 Å². The molecule has 128 valence electrons. The van der Waals surface area contributed by atoms with E-state index in [1.54, 1.807) is 7.11 Å². The summed E-state index contributed by atoms with van der Waals surface area (Å²) in [5.41, 5.74) is 2.49. The van der Waals surface area contributed by atoms with Crippen LogP contribution in [0.25, 0.3) is 0 Å². The highest BCUT2D eigenvalue weighted by Gasteiger charge is 2.33. The molecule has 1 aromatic heterocycles. The Hall–Kier alpha value is -1.66. The van der Waals surface area contributed by atoms with E-state index >= 15 is 0 Å². The highest BCUT2D eigenvalue weighted by Crippen LogP contribution is 2.32. The molecular formula is C18H21BrN2O3. The molecule has 0 amide bonds. The van der Waals surface area contributed by atoms with Gasteiger partial charge in [0.2, 0.25) is 0 Å². The minimum Gasteiger partial charge on any atom is -0.497 e. The minimum absolute atomic E-state index is 0.0362. The first kappa shape index (κ1) is 17.2. The first-order valence-corrected chi connectivity index (χ1v) is 8.91. The fraction of sp³-hybridized carbons (Fsp3) is 0.444. The highest BCUT2D eigenvalue weighted by molar-refractivity contribution is 9.10. The predicted octanol–water partition coefficient (Wildman–Crippen LogP) is 3.61. The van der Waals surface area contributed by atoms with Crippen molar-refractivity contribution in [1.29, 1.82) is 0 Å². The largest absolute Gasteiger partial charge is 0.497 e. The Kier molecular flexibility index (Phi) is 5.06. The molecule has 5 nitrogen and oxygen atoms in total. The Morgan fingerprint density at radius 3 is 2.71 bits per heavy atom. The Morgan fingerprint density at radius 1 is 1.38 bits per heavy atom. The number of ketones is 1. The molecule has 0 saturated carbocycles. The smallest absolute Gasteiger partial charge is 0.182 e. The van der Waals surface area contributed by atoms with Crippen molar-refractivity contribution in [3.63, 3.8) is 0 Å². The lowest BCUT2D eigenvalue weighted by Gasteiger charge is -2.18. The standard InChI is InChI=1S/C18H21BrN2O3/c1-11(2)18-16-14(17(22)15(19)10-24-18)9-21(20-16)8-12-4-6-13(23-3)7-5-12/h4-7,9,11,15,18H,8,10H2,1-3H3. The van der Waals surface area contributed by atoms with E-state index < -0.39 is 0 Å². The van der Waals surface area contributed by atoms with E-state index in [4.69, 9.17) is 9.47 Å². The third kappa shape index (κ3) is 3.39. The molecule has 0 saturated heterocycles. The lowest BCUT2D eigenvalue weighted by Crippen LogP contribution is -2.18. The van der Waals surface area contributed by atoms with Crippen LogP contribution in [0.4, 0.5) is 0 Å². The number of nitrogens with zero attached hydrogens (tertiary/aromatic N) is 2. The van der Waals surface area contributed by atoms with Gasteiger partial charge in [0.05, 0.1) is 25.8 Å². The molecule has 2 aromatic rings. The lowest BCUT2D eigenvalue weighted by molar-refractivity contribution is 0.0240. The molecule has 0 spiro atoms. The SMILES string of the molecule is COc1ccc(Cn2cc3c(n2)C(C(C)C)OCC(Br)C3=O)cc1. The van der Waals surface area contributed by atoms with Crippen LogP contribution >= 0.6 is 15.9 Å². The van der Waals surface area contributed by atoms with Gasteiger partial charge in [0.25, 0.3) is 0 Å². The van der Waals surface area contributed by atoms with Crippen LogP contribution in [0.3, 0.4) is 0 Å². The van der Waals surface area contributed by atoms with Crippen LogP contribution in [-0.4, -0.2) is 34.1 Å². The second-order valence-corrected chi connectivity index (χ2v) is 7.41. The number of carbonyl (C=O) groups is 1. The fourth-order valence-corrected chi connectivity index (χ4v) is 3.25. The number of benzene rings is 1. The van der Waals surface area contributed by atoms with E-state index in [1.807, 2.05) is 35.1 Å². The van der Waals surface area contributed by atoms with Gasteiger partial charge in [-0.25, -0.2) is 0 Å². The summed E-state index contributed by atoms with van der Waals surface area (Å²) < 4.78 is 12.9. The van der Waals surface area contributed by atoms with E-state index in [2.05, 4.69) is 34.9 Å². The summed E-state index contributed by atoms with van der Waals surface area (Å²) in [5.74, 6) is 1.10. The monoisotopic (exact) mass is 392 g/mol. The Bertz CT molecular complexity index is 724. The Balaban J connectivity index is 1.91. The molecule has 0 aliphatic carbocycles. The number of carbonyl (C=O) groups excluding carboxylic acids is 1. The van der Waals surface area contributed by atoms with Crippen molar-refractivity contribution in [2.24, 2.45) is 5.92 Å². The second-order valence-electron chi connectivity index (χ2n) is 6.30. The second kappa shape index (κ2) is 7.07. The van der Waals surface area contributed by atoms with Crippen LogP contribution < -0.4 is 4.74 Å². The lowest BCUT2D eigenvalue weighted by atomic mass is 10.00. The van der Waals surface area contributed by atoms with Gasteiger partial charge < -0.3 is 9.47 Å². The fourth-order valence-electron chi connectivity index (χ4n) is 2.85. The summed E-state index contributed by atoms with van der Waals surface area (Å²) in [5, 5.41) is 4.65. The molecule has 6 heteroatoms. The number of ether oxygens (including phenoxy) is 2. The number of alkyl halides is 1. The van der Waals surface area contributed by atoms with Crippen LogP contribution in [0.1, 0.15) is 41.6 Å². The molecule has 2 heterocycles. The average Bonchev–Trinajstić information content (AvgIpc) is 2.93.